The van der Waals surface area contributed by atoms with Gasteiger partial charge in [-0.05, 0) is 43.2 Å². The number of hydrogen-bond donors (Lipinski definition) is 1. The van der Waals surface area contributed by atoms with Gasteiger partial charge in [-0.15, -0.1) is 0 Å². The summed E-state index contributed by atoms with van der Waals surface area (Å²) in [7, 11) is 0. The maximum atomic E-state index is 12.6. The fraction of sp³-hybridized carbons (Fsp3) is 0.562. The van der Waals surface area contributed by atoms with Gasteiger partial charge >= 0.3 is 0 Å². The van der Waals surface area contributed by atoms with Crippen molar-refractivity contribution in [2.24, 2.45) is 5.92 Å². The zero-order valence-electron chi connectivity index (χ0n) is 11.2. The molecule has 2 aliphatic rings. The molecule has 1 N–H and O–H groups in total. The SMILES string of the molecule is O=C(C1CCc2ccccc2C1)N1CCC[C@H]1CO. The highest BCUT2D eigenvalue weighted by Gasteiger charge is 2.34. The van der Waals surface area contributed by atoms with Crippen LogP contribution >= 0.6 is 0 Å². The zero-order chi connectivity index (χ0) is 13.2. The van der Waals surface area contributed by atoms with Gasteiger partial charge in [0, 0.05) is 12.5 Å². The smallest absolute Gasteiger partial charge is 0.226 e. The number of rotatable bonds is 2. The van der Waals surface area contributed by atoms with Crippen LogP contribution in [0.2, 0.25) is 0 Å². The Morgan fingerprint density at radius 1 is 1.26 bits per heavy atom. The van der Waals surface area contributed by atoms with Gasteiger partial charge in [0.1, 0.15) is 0 Å². The number of aliphatic hydroxyl groups excluding tert-OH is 1. The molecule has 0 radical (unpaired) electrons. The van der Waals surface area contributed by atoms with Gasteiger partial charge in [-0.2, -0.15) is 0 Å². The fourth-order valence-electron chi connectivity index (χ4n) is 3.46. The fourth-order valence-corrected chi connectivity index (χ4v) is 3.46. The first kappa shape index (κ1) is 12.7. The van der Waals surface area contributed by atoms with E-state index < -0.39 is 0 Å². The van der Waals surface area contributed by atoms with Crippen molar-refractivity contribution in [1.29, 1.82) is 0 Å². The first-order chi connectivity index (χ1) is 9.29. The third kappa shape index (κ3) is 2.39. The molecule has 1 aliphatic carbocycles. The summed E-state index contributed by atoms with van der Waals surface area (Å²) in [5.74, 6) is 0.369. The van der Waals surface area contributed by atoms with Gasteiger partial charge in [-0.1, -0.05) is 24.3 Å². The minimum Gasteiger partial charge on any atom is -0.394 e. The monoisotopic (exact) mass is 259 g/mol. The van der Waals surface area contributed by atoms with E-state index >= 15 is 0 Å². The average molecular weight is 259 g/mol. The lowest BCUT2D eigenvalue weighted by molar-refractivity contribution is -0.137. The summed E-state index contributed by atoms with van der Waals surface area (Å²) in [6.07, 6.45) is 4.80. The summed E-state index contributed by atoms with van der Waals surface area (Å²) >= 11 is 0. The van der Waals surface area contributed by atoms with Crippen LogP contribution in [0, 0.1) is 5.92 Å². The van der Waals surface area contributed by atoms with Crippen molar-refractivity contribution in [2.75, 3.05) is 13.2 Å². The largest absolute Gasteiger partial charge is 0.394 e. The zero-order valence-corrected chi connectivity index (χ0v) is 11.2. The Morgan fingerprint density at radius 2 is 2.05 bits per heavy atom. The van der Waals surface area contributed by atoms with Gasteiger partial charge in [-0.25, -0.2) is 0 Å². The van der Waals surface area contributed by atoms with Crippen LogP contribution in [0.3, 0.4) is 0 Å². The molecular weight excluding hydrogens is 238 g/mol. The second kappa shape index (κ2) is 5.33. The number of nitrogens with zero attached hydrogens (tertiary/aromatic N) is 1. The van der Waals surface area contributed by atoms with Crippen molar-refractivity contribution in [3.05, 3.63) is 35.4 Å². The molecule has 1 amide bonds. The number of fused-ring (bicyclic) bond motifs is 1. The van der Waals surface area contributed by atoms with E-state index in [1.54, 1.807) is 0 Å². The van der Waals surface area contributed by atoms with E-state index in [9.17, 15) is 9.90 Å². The van der Waals surface area contributed by atoms with Gasteiger partial charge in [0.15, 0.2) is 0 Å². The lowest BCUT2D eigenvalue weighted by Gasteiger charge is -2.30. The first-order valence-corrected chi connectivity index (χ1v) is 7.27. The normalized spacial score (nSPS) is 26.3. The number of likely N-dealkylation sites (tertiary alicyclic amines) is 1. The Hall–Kier alpha value is -1.35. The molecule has 3 nitrogen and oxygen atoms in total. The Morgan fingerprint density at radius 3 is 2.84 bits per heavy atom. The highest BCUT2D eigenvalue weighted by atomic mass is 16.3. The third-order valence-electron chi connectivity index (χ3n) is 4.57. The maximum Gasteiger partial charge on any atom is 0.226 e. The van der Waals surface area contributed by atoms with Gasteiger partial charge in [-0.3, -0.25) is 4.79 Å². The Balaban J connectivity index is 1.72. The molecule has 19 heavy (non-hydrogen) atoms. The molecule has 1 saturated heterocycles. The minimum absolute atomic E-state index is 0.0599. The molecule has 0 spiro atoms. The first-order valence-electron chi connectivity index (χ1n) is 7.27. The average Bonchev–Trinajstić information content (AvgIpc) is 2.94. The highest BCUT2D eigenvalue weighted by Crippen LogP contribution is 2.29. The highest BCUT2D eigenvalue weighted by molar-refractivity contribution is 5.80. The number of carbonyl (C=O) groups excluding carboxylic acids is 1. The van der Waals surface area contributed by atoms with Crippen LogP contribution in [0.5, 0.6) is 0 Å². The summed E-state index contributed by atoms with van der Waals surface area (Å²) in [6, 6.07) is 8.50. The second-order valence-corrected chi connectivity index (χ2v) is 5.72. The molecule has 3 rings (SSSR count). The number of hydrogen-bond acceptors (Lipinski definition) is 2. The van der Waals surface area contributed by atoms with Crippen molar-refractivity contribution in [3.8, 4) is 0 Å². The van der Waals surface area contributed by atoms with E-state index in [1.165, 1.54) is 11.1 Å². The molecule has 1 heterocycles. The van der Waals surface area contributed by atoms with Gasteiger partial charge in [0.25, 0.3) is 0 Å². The molecule has 0 saturated carbocycles. The third-order valence-corrected chi connectivity index (χ3v) is 4.57. The quantitative estimate of drug-likeness (QED) is 0.879. The van der Waals surface area contributed by atoms with Crippen LogP contribution < -0.4 is 0 Å². The summed E-state index contributed by atoms with van der Waals surface area (Å²) < 4.78 is 0. The number of aryl methyl sites for hydroxylation is 1. The van der Waals surface area contributed by atoms with Crippen molar-refractivity contribution in [2.45, 2.75) is 38.1 Å². The minimum atomic E-state index is 0.0599. The molecule has 102 valence electrons. The summed E-state index contributed by atoms with van der Waals surface area (Å²) in [5.41, 5.74) is 2.72. The molecule has 1 fully saturated rings. The van der Waals surface area contributed by atoms with E-state index in [1.807, 2.05) is 4.90 Å². The van der Waals surface area contributed by atoms with Crippen molar-refractivity contribution in [1.82, 2.24) is 4.90 Å². The maximum absolute atomic E-state index is 12.6. The van der Waals surface area contributed by atoms with Crippen LogP contribution in [0.15, 0.2) is 24.3 Å². The number of amides is 1. The van der Waals surface area contributed by atoms with E-state index in [-0.39, 0.29) is 24.5 Å². The van der Waals surface area contributed by atoms with E-state index in [0.717, 1.165) is 38.6 Å². The molecule has 1 aliphatic heterocycles. The lowest BCUT2D eigenvalue weighted by Crippen LogP contribution is -2.42. The number of carbonyl (C=O) groups is 1. The summed E-state index contributed by atoms with van der Waals surface area (Å²) in [6.45, 7) is 0.928. The number of benzene rings is 1. The van der Waals surface area contributed by atoms with E-state index in [2.05, 4.69) is 24.3 Å². The molecule has 3 heteroatoms. The second-order valence-electron chi connectivity index (χ2n) is 5.72. The molecule has 0 aromatic heterocycles. The van der Waals surface area contributed by atoms with Gasteiger partial charge in [0.2, 0.25) is 5.91 Å². The molecule has 1 aromatic carbocycles. The summed E-state index contributed by atoms with van der Waals surface area (Å²) in [5, 5.41) is 9.35. The van der Waals surface area contributed by atoms with E-state index in [0.29, 0.717) is 0 Å². The Kier molecular flexibility index (Phi) is 3.56. The van der Waals surface area contributed by atoms with Gasteiger partial charge in [0.05, 0.1) is 12.6 Å². The van der Waals surface area contributed by atoms with Crippen molar-refractivity contribution >= 4 is 5.91 Å². The molecular formula is C16H21NO2. The predicted octanol–water partition coefficient (Wildman–Crippen LogP) is 1.77. The van der Waals surface area contributed by atoms with Crippen LogP contribution in [-0.2, 0) is 17.6 Å². The molecule has 1 unspecified atom stereocenters. The predicted molar refractivity (Wildman–Crippen MR) is 73.8 cm³/mol. The lowest BCUT2D eigenvalue weighted by atomic mass is 9.83. The topological polar surface area (TPSA) is 40.5 Å². The summed E-state index contributed by atoms with van der Waals surface area (Å²) in [4.78, 5) is 14.5. The van der Waals surface area contributed by atoms with Crippen LogP contribution in [0.1, 0.15) is 30.4 Å². The Bertz CT molecular complexity index is 472. The molecule has 2 atom stereocenters. The Labute approximate surface area is 114 Å². The van der Waals surface area contributed by atoms with Gasteiger partial charge < -0.3 is 10.0 Å². The van der Waals surface area contributed by atoms with Crippen molar-refractivity contribution in [3.63, 3.8) is 0 Å². The van der Waals surface area contributed by atoms with Crippen LogP contribution in [0.4, 0.5) is 0 Å². The standard InChI is InChI=1S/C16H21NO2/c18-11-15-6-3-9-17(15)16(19)14-8-7-12-4-1-2-5-13(12)10-14/h1-2,4-5,14-15,18H,3,6-11H2/t14?,15-/m0/s1. The number of aliphatic hydroxyl groups is 1. The molecule has 1 aromatic rings. The van der Waals surface area contributed by atoms with Crippen LogP contribution in [-0.4, -0.2) is 35.1 Å². The van der Waals surface area contributed by atoms with E-state index in [4.69, 9.17) is 0 Å². The molecule has 0 bridgehead atoms. The van der Waals surface area contributed by atoms with Crippen LogP contribution in [0.25, 0.3) is 0 Å². The van der Waals surface area contributed by atoms with Crippen molar-refractivity contribution < 1.29 is 9.90 Å².